The van der Waals surface area contributed by atoms with Crippen molar-refractivity contribution in [1.29, 1.82) is 0 Å². The third-order valence-corrected chi connectivity index (χ3v) is 4.73. The third-order valence-electron chi connectivity index (χ3n) is 3.38. The number of carbonyl (C=O) groups excluding carboxylic acids is 2. The summed E-state index contributed by atoms with van der Waals surface area (Å²) in [4.78, 5) is 26.1. The summed E-state index contributed by atoms with van der Waals surface area (Å²) < 4.78 is 10.3. The zero-order chi connectivity index (χ0) is 18.0. The number of esters is 2. The van der Waals surface area contributed by atoms with Crippen molar-refractivity contribution in [2.75, 3.05) is 0 Å². The molecular formula is C19H15ClO4S. The highest BCUT2D eigenvalue weighted by Crippen LogP contribution is 2.33. The van der Waals surface area contributed by atoms with Crippen LogP contribution in [0.25, 0.3) is 6.08 Å². The Kier molecular flexibility index (Phi) is 4.88. The third kappa shape index (κ3) is 4.24. The van der Waals surface area contributed by atoms with E-state index < -0.39 is 17.7 Å². The maximum absolute atomic E-state index is 12.1. The van der Waals surface area contributed by atoms with Crippen LogP contribution in [0.1, 0.15) is 19.4 Å². The van der Waals surface area contributed by atoms with E-state index in [1.54, 1.807) is 0 Å². The fourth-order valence-corrected chi connectivity index (χ4v) is 3.30. The largest absolute Gasteiger partial charge is 0.419 e. The highest BCUT2D eigenvalue weighted by atomic mass is 35.5. The highest BCUT2D eigenvalue weighted by molar-refractivity contribution is 7.99. The van der Waals surface area contributed by atoms with E-state index in [1.807, 2.05) is 48.5 Å². The van der Waals surface area contributed by atoms with Gasteiger partial charge in [-0.05, 0) is 42.0 Å². The van der Waals surface area contributed by atoms with Crippen molar-refractivity contribution in [3.8, 4) is 0 Å². The first kappa shape index (κ1) is 17.6. The average Bonchev–Trinajstić information content (AvgIpc) is 2.53. The minimum Gasteiger partial charge on any atom is -0.419 e. The zero-order valence-electron chi connectivity index (χ0n) is 13.6. The summed E-state index contributed by atoms with van der Waals surface area (Å²) in [6.07, 6.45) is 1.50. The lowest BCUT2D eigenvalue weighted by atomic mass is 10.1. The first-order chi connectivity index (χ1) is 11.8. The maximum atomic E-state index is 12.1. The molecule has 4 nitrogen and oxygen atoms in total. The Labute approximate surface area is 154 Å². The quantitative estimate of drug-likeness (QED) is 0.442. The molecular weight excluding hydrogens is 360 g/mol. The summed E-state index contributed by atoms with van der Waals surface area (Å²) in [6.45, 7) is 3.04. The summed E-state index contributed by atoms with van der Waals surface area (Å²) in [5.41, 5.74) is 0.606. The molecule has 3 rings (SSSR count). The van der Waals surface area contributed by atoms with Crippen LogP contribution in [0.15, 0.2) is 63.9 Å². The fraction of sp³-hybridized carbons (Fsp3) is 0.158. The molecule has 0 aliphatic carbocycles. The van der Waals surface area contributed by atoms with E-state index in [1.165, 1.54) is 31.7 Å². The van der Waals surface area contributed by atoms with Gasteiger partial charge in [0.05, 0.1) is 0 Å². The van der Waals surface area contributed by atoms with Gasteiger partial charge in [0.1, 0.15) is 5.57 Å². The summed E-state index contributed by atoms with van der Waals surface area (Å²) in [6, 6.07) is 14.9. The summed E-state index contributed by atoms with van der Waals surface area (Å²) in [7, 11) is 0. The van der Waals surface area contributed by atoms with Crippen molar-refractivity contribution in [2.24, 2.45) is 0 Å². The van der Waals surface area contributed by atoms with Crippen molar-refractivity contribution < 1.29 is 19.1 Å². The number of halogens is 1. The van der Waals surface area contributed by atoms with E-state index in [9.17, 15) is 9.59 Å². The van der Waals surface area contributed by atoms with E-state index in [2.05, 4.69) is 0 Å². The monoisotopic (exact) mass is 374 g/mol. The van der Waals surface area contributed by atoms with Crippen LogP contribution in [-0.2, 0) is 19.1 Å². The Bertz CT molecular complexity index is 834. The molecule has 6 heteroatoms. The average molecular weight is 375 g/mol. The Morgan fingerprint density at radius 1 is 0.960 bits per heavy atom. The summed E-state index contributed by atoms with van der Waals surface area (Å²) in [5, 5.41) is 0.662. The van der Waals surface area contributed by atoms with E-state index in [0.29, 0.717) is 5.02 Å². The molecule has 0 spiro atoms. The van der Waals surface area contributed by atoms with Gasteiger partial charge in [-0.2, -0.15) is 0 Å². The molecule has 25 heavy (non-hydrogen) atoms. The van der Waals surface area contributed by atoms with Crippen LogP contribution in [-0.4, -0.2) is 17.7 Å². The number of ether oxygens (including phenoxy) is 2. The van der Waals surface area contributed by atoms with Gasteiger partial charge in [0.25, 0.3) is 5.79 Å². The van der Waals surface area contributed by atoms with Gasteiger partial charge in [0.15, 0.2) is 0 Å². The molecule has 2 aromatic rings. The Morgan fingerprint density at radius 3 is 2.20 bits per heavy atom. The SMILES string of the molecule is CC1(C)OC(=O)C(=Cc2ccccc2Sc2ccc(Cl)cc2)C(=O)O1. The van der Waals surface area contributed by atoms with Gasteiger partial charge in [0.2, 0.25) is 0 Å². The molecule has 0 unspecified atom stereocenters. The van der Waals surface area contributed by atoms with Crippen LogP contribution in [0.3, 0.4) is 0 Å². The lowest BCUT2D eigenvalue weighted by Gasteiger charge is -2.29. The first-order valence-corrected chi connectivity index (χ1v) is 8.74. The maximum Gasteiger partial charge on any atom is 0.348 e. The minimum absolute atomic E-state index is 0.122. The van der Waals surface area contributed by atoms with Gasteiger partial charge in [-0.3, -0.25) is 0 Å². The Morgan fingerprint density at radius 2 is 1.56 bits per heavy atom. The van der Waals surface area contributed by atoms with Gasteiger partial charge in [-0.15, -0.1) is 0 Å². The normalized spacial score (nSPS) is 16.2. The number of carbonyl (C=O) groups is 2. The van der Waals surface area contributed by atoms with E-state index in [-0.39, 0.29) is 5.57 Å². The van der Waals surface area contributed by atoms with Crippen LogP contribution in [0, 0.1) is 0 Å². The standard InChI is InChI=1S/C19H15ClO4S/c1-19(2)23-17(21)15(18(22)24-19)11-12-5-3-4-6-16(12)25-14-9-7-13(20)8-10-14/h3-11H,1-2H3. The second-order valence-electron chi connectivity index (χ2n) is 5.83. The first-order valence-electron chi connectivity index (χ1n) is 7.55. The molecule has 1 heterocycles. The lowest BCUT2D eigenvalue weighted by Crippen LogP contribution is -2.41. The van der Waals surface area contributed by atoms with Crippen LogP contribution in [0.2, 0.25) is 5.02 Å². The van der Waals surface area contributed by atoms with Gasteiger partial charge in [-0.1, -0.05) is 41.6 Å². The van der Waals surface area contributed by atoms with Crippen LogP contribution in [0.4, 0.5) is 0 Å². The van der Waals surface area contributed by atoms with Crippen molar-refractivity contribution in [2.45, 2.75) is 29.4 Å². The predicted octanol–water partition coefficient (Wildman–Crippen LogP) is 4.71. The van der Waals surface area contributed by atoms with Crippen molar-refractivity contribution >= 4 is 41.4 Å². The number of benzene rings is 2. The second-order valence-corrected chi connectivity index (χ2v) is 7.38. The predicted molar refractivity (Wildman–Crippen MR) is 96.3 cm³/mol. The molecule has 0 amide bonds. The van der Waals surface area contributed by atoms with Crippen LogP contribution < -0.4 is 0 Å². The number of rotatable bonds is 3. The van der Waals surface area contributed by atoms with Crippen molar-refractivity contribution in [3.63, 3.8) is 0 Å². The lowest BCUT2D eigenvalue weighted by molar-refractivity contribution is -0.222. The molecule has 0 aromatic heterocycles. The van der Waals surface area contributed by atoms with Crippen molar-refractivity contribution in [3.05, 3.63) is 64.7 Å². The minimum atomic E-state index is -1.25. The zero-order valence-corrected chi connectivity index (χ0v) is 15.2. The Hall–Kier alpha value is -2.24. The molecule has 1 saturated heterocycles. The highest BCUT2D eigenvalue weighted by Gasteiger charge is 2.38. The number of hydrogen-bond acceptors (Lipinski definition) is 5. The molecule has 0 radical (unpaired) electrons. The molecule has 1 fully saturated rings. The number of hydrogen-bond donors (Lipinski definition) is 0. The molecule has 1 aliphatic heterocycles. The van der Waals surface area contributed by atoms with Gasteiger partial charge >= 0.3 is 11.9 Å². The molecule has 0 bridgehead atoms. The van der Waals surface area contributed by atoms with E-state index in [0.717, 1.165) is 15.4 Å². The van der Waals surface area contributed by atoms with Crippen LogP contribution >= 0.6 is 23.4 Å². The second kappa shape index (κ2) is 6.94. The molecule has 0 N–H and O–H groups in total. The van der Waals surface area contributed by atoms with E-state index in [4.69, 9.17) is 21.1 Å². The smallest absolute Gasteiger partial charge is 0.348 e. The molecule has 2 aromatic carbocycles. The van der Waals surface area contributed by atoms with Crippen molar-refractivity contribution in [1.82, 2.24) is 0 Å². The fourth-order valence-electron chi connectivity index (χ4n) is 2.26. The summed E-state index contributed by atoms with van der Waals surface area (Å²) in [5.74, 6) is -2.62. The topological polar surface area (TPSA) is 52.6 Å². The Balaban J connectivity index is 1.92. The molecule has 0 saturated carbocycles. The molecule has 1 aliphatic rings. The number of cyclic esters (lactones) is 2. The molecule has 0 atom stereocenters. The van der Waals surface area contributed by atoms with E-state index >= 15 is 0 Å². The van der Waals surface area contributed by atoms with Gasteiger partial charge in [0, 0.05) is 28.7 Å². The van der Waals surface area contributed by atoms with Gasteiger partial charge in [-0.25, -0.2) is 9.59 Å². The summed E-state index contributed by atoms with van der Waals surface area (Å²) >= 11 is 7.41. The van der Waals surface area contributed by atoms with Gasteiger partial charge < -0.3 is 9.47 Å². The van der Waals surface area contributed by atoms with Crippen LogP contribution in [0.5, 0.6) is 0 Å². The molecule has 128 valence electrons.